The van der Waals surface area contributed by atoms with Crippen LogP contribution in [-0.2, 0) is 0 Å². The molecule has 0 aliphatic carbocycles. The van der Waals surface area contributed by atoms with E-state index in [1.807, 2.05) is 0 Å². The lowest BCUT2D eigenvalue weighted by molar-refractivity contribution is 0.393. The summed E-state index contributed by atoms with van der Waals surface area (Å²) in [6, 6.07) is 0. The molecule has 0 saturated heterocycles. The van der Waals surface area contributed by atoms with Crippen LogP contribution in [0.15, 0.2) is 0 Å². The van der Waals surface area contributed by atoms with Crippen molar-refractivity contribution >= 4 is 21.8 Å². The molecule has 80 valence electrons. The highest BCUT2D eigenvalue weighted by atomic mass is 35.5. The molecule has 0 radical (unpaired) electrons. The van der Waals surface area contributed by atoms with Crippen molar-refractivity contribution in [3.63, 3.8) is 0 Å². The van der Waals surface area contributed by atoms with E-state index in [1.165, 1.54) is 42.3 Å². The van der Waals surface area contributed by atoms with Gasteiger partial charge in [-0.1, -0.05) is 46.5 Å². The monoisotopic (exact) mass is 220 g/mol. The maximum atomic E-state index is 5.62. The standard InChI is InChI=1S/C11H25ClSi/c1-10(11(2,3)13)8-6-4-5-7-9-12/h10H,4-9H2,1-3,13H3. The van der Waals surface area contributed by atoms with Crippen LogP contribution in [0.3, 0.4) is 0 Å². The molecule has 0 fully saturated rings. The van der Waals surface area contributed by atoms with Gasteiger partial charge in [0.1, 0.15) is 0 Å². The highest BCUT2D eigenvalue weighted by Gasteiger charge is 2.18. The maximum Gasteiger partial charge on any atom is 0.0223 e. The molecule has 0 N–H and O–H groups in total. The Labute approximate surface area is 91.9 Å². The molecule has 0 heterocycles. The Morgan fingerprint density at radius 3 is 2.15 bits per heavy atom. The number of halogens is 1. The van der Waals surface area contributed by atoms with Gasteiger partial charge in [0.05, 0.1) is 0 Å². The molecule has 0 aliphatic rings. The molecule has 1 unspecified atom stereocenters. The molecule has 1 atom stereocenters. The Kier molecular flexibility index (Phi) is 7.16. The van der Waals surface area contributed by atoms with E-state index in [0.29, 0.717) is 5.04 Å². The van der Waals surface area contributed by atoms with Crippen molar-refractivity contribution in [3.05, 3.63) is 0 Å². The average molecular weight is 221 g/mol. The maximum absolute atomic E-state index is 5.62. The summed E-state index contributed by atoms with van der Waals surface area (Å²) in [7, 11) is 1.31. The quantitative estimate of drug-likeness (QED) is 0.351. The minimum Gasteiger partial charge on any atom is -0.127 e. The molecule has 0 aromatic heterocycles. The number of hydrogen-bond acceptors (Lipinski definition) is 0. The highest BCUT2D eigenvalue weighted by molar-refractivity contribution is 6.17. The molecule has 0 amide bonds. The summed E-state index contributed by atoms with van der Waals surface area (Å²) in [5.74, 6) is 1.73. The van der Waals surface area contributed by atoms with E-state index in [1.54, 1.807) is 0 Å². The summed E-state index contributed by atoms with van der Waals surface area (Å²) in [6.07, 6.45) is 6.68. The van der Waals surface area contributed by atoms with Crippen LogP contribution in [0.5, 0.6) is 0 Å². The Morgan fingerprint density at radius 1 is 1.15 bits per heavy atom. The fraction of sp³-hybridized carbons (Fsp3) is 1.00. The van der Waals surface area contributed by atoms with Gasteiger partial charge in [0, 0.05) is 16.1 Å². The van der Waals surface area contributed by atoms with E-state index in [4.69, 9.17) is 11.6 Å². The zero-order chi connectivity index (χ0) is 10.3. The zero-order valence-corrected chi connectivity index (χ0v) is 12.5. The second-order valence-electron chi connectivity index (χ2n) is 5.16. The lowest BCUT2D eigenvalue weighted by Gasteiger charge is -2.27. The third kappa shape index (κ3) is 7.57. The normalized spacial score (nSPS) is 14.8. The summed E-state index contributed by atoms with van der Waals surface area (Å²) >= 11 is 5.62. The van der Waals surface area contributed by atoms with Gasteiger partial charge in [0.25, 0.3) is 0 Å². The van der Waals surface area contributed by atoms with Crippen molar-refractivity contribution in [2.75, 3.05) is 5.88 Å². The lowest BCUT2D eigenvalue weighted by atomic mass is 9.91. The number of unbranched alkanes of at least 4 members (excludes halogenated alkanes) is 3. The number of rotatable bonds is 7. The van der Waals surface area contributed by atoms with Gasteiger partial charge in [-0.25, -0.2) is 0 Å². The summed E-state index contributed by atoms with van der Waals surface area (Å²) < 4.78 is 0. The van der Waals surface area contributed by atoms with Crippen LogP contribution in [0.25, 0.3) is 0 Å². The second kappa shape index (κ2) is 6.89. The predicted octanol–water partition coefficient (Wildman–Crippen LogP) is 3.38. The van der Waals surface area contributed by atoms with Gasteiger partial charge in [0.15, 0.2) is 0 Å². The first-order chi connectivity index (χ1) is 5.98. The molecule has 13 heavy (non-hydrogen) atoms. The van der Waals surface area contributed by atoms with Crippen LogP contribution in [0.1, 0.15) is 52.9 Å². The molecule has 0 bridgehead atoms. The van der Waals surface area contributed by atoms with E-state index in [-0.39, 0.29) is 0 Å². The van der Waals surface area contributed by atoms with E-state index in [9.17, 15) is 0 Å². The number of alkyl halides is 1. The second-order valence-corrected chi connectivity index (χ2v) is 8.11. The van der Waals surface area contributed by atoms with Crippen molar-refractivity contribution < 1.29 is 0 Å². The third-order valence-corrected chi connectivity index (χ3v) is 4.25. The summed E-state index contributed by atoms with van der Waals surface area (Å²) in [5.41, 5.74) is 0. The first-order valence-electron chi connectivity index (χ1n) is 5.54. The molecule has 0 spiro atoms. The van der Waals surface area contributed by atoms with E-state index in [0.717, 1.165) is 11.8 Å². The van der Waals surface area contributed by atoms with Crippen LogP contribution in [0, 0.1) is 5.92 Å². The first kappa shape index (κ1) is 13.5. The van der Waals surface area contributed by atoms with Crippen molar-refractivity contribution in [2.24, 2.45) is 5.92 Å². The number of hydrogen-bond donors (Lipinski definition) is 0. The van der Waals surface area contributed by atoms with Crippen LogP contribution >= 0.6 is 11.6 Å². The van der Waals surface area contributed by atoms with Gasteiger partial charge in [0.2, 0.25) is 0 Å². The van der Waals surface area contributed by atoms with Gasteiger partial charge < -0.3 is 0 Å². The van der Waals surface area contributed by atoms with Crippen LogP contribution in [0.4, 0.5) is 0 Å². The summed E-state index contributed by atoms with van der Waals surface area (Å²) in [5, 5.41) is 0.618. The van der Waals surface area contributed by atoms with E-state index < -0.39 is 0 Å². The minimum absolute atomic E-state index is 0.618. The minimum atomic E-state index is 0.618. The van der Waals surface area contributed by atoms with Crippen molar-refractivity contribution in [1.29, 1.82) is 0 Å². The van der Waals surface area contributed by atoms with E-state index in [2.05, 4.69) is 20.8 Å². The predicted molar refractivity (Wildman–Crippen MR) is 66.9 cm³/mol. The molecule has 0 rings (SSSR count). The highest BCUT2D eigenvalue weighted by Crippen LogP contribution is 2.33. The molecule has 2 heteroatoms. The molecule has 0 saturated carbocycles. The van der Waals surface area contributed by atoms with E-state index >= 15 is 0 Å². The summed E-state index contributed by atoms with van der Waals surface area (Å²) in [6.45, 7) is 7.18. The molecular formula is C11H25ClSi. The SMILES string of the molecule is CC(CCCCCCCl)C(C)(C)[SiH3]. The summed E-state index contributed by atoms with van der Waals surface area (Å²) in [4.78, 5) is 0. The van der Waals surface area contributed by atoms with Crippen molar-refractivity contribution in [2.45, 2.75) is 57.9 Å². The fourth-order valence-corrected chi connectivity index (χ4v) is 1.81. The van der Waals surface area contributed by atoms with Gasteiger partial charge >= 0.3 is 0 Å². The van der Waals surface area contributed by atoms with Crippen molar-refractivity contribution in [1.82, 2.24) is 0 Å². The Morgan fingerprint density at radius 2 is 1.69 bits per heavy atom. The van der Waals surface area contributed by atoms with Crippen LogP contribution in [0.2, 0.25) is 5.04 Å². The molecule has 0 aromatic rings. The fourth-order valence-electron chi connectivity index (χ4n) is 1.33. The largest absolute Gasteiger partial charge is 0.127 e. The van der Waals surface area contributed by atoms with Gasteiger partial charge in [-0.15, -0.1) is 11.6 Å². The van der Waals surface area contributed by atoms with Crippen LogP contribution < -0.4 is 0 Å². The molecular weight excluding hydrogens is 196 g/mol. The van der Waals surface area contributed by atoms with Gasteiger partial charge in [-0.2, -0.15) is 0 Å². The Balaban J connectivity index is 3.32. The molecule has 0 aromatic carbocycles. The van der Waals surface area contributed by atoms with Gasteiger partial charge in [-0.05, 0) is 17.4 Å². The average Bonchev–Trinajstić information content (AvgIpc) is 2.02. The third-order valence-electron chi connectivity index (χ3n) is 3.00. The van der Waals surface area contributed by atoms with Crippen LogP contribution in [-0.4, -0.2) is 16.1 Å². The van der Waals surface area contributed by atoms with Gasteiger partial charge in [-0.3, -0.25) is 0 Å². The van der Waals surface area contributed by atoms with Crippen molar-refractivity contribution in [3.8, 4) is 0 Å². The zero-order valence-electron chi connectivity index (χ0n) is 9.70. The topological polar surface area (TPSA) is 0 Å². The lowest BCUT2D eigenvalue weighted by Crippen LogP contribution is -2.14. The molecule has 0 nitrogen and oxygen atoms in total. The first-order valence-corrected chi connectivity index (χ1v) is 7.08. The smallest absolute Gasteiger partial charge is 0.0223 e. The Bertz CT molecular complexity index is 118. The Hall–Kier alpha value is 0.507. The molecule has 0 aliphatic heterocycles.